The van der Waals surface area contributed by atoms with Gasteiger partial charge < -0.3 is 14.7 Å². The number of anilines is 1. The third-order valence-electron chi connectivity index (χ3n) is 7.21. The predicted molar refractivity (Wildman–Crippen MR) is 153 cm³/mol. The molecule has 1 aliphatic heterocycles. The Balaban J connectivity index is 1.66. The van der Waals surface area contributed by atoms with Crippen LogP contribution in [0.4, 0.5) is 18.9 Å². The number of hydrogen-bond donors (Lipinski definition) is 2. The molecule has 0 unspecified atom stereocenters. The number of amides is 1. The smallest absolute Gasteiger partial charge is 0.416 e. The minimum atomic E-state index is -4.42. The van der Waals surface area contributed by atoms with Crippen molar-refractivity contribution in [1.82, 2.24) is 9.80 Å². The molecule has 0 fully saturated rings. The molecule has 1 amide bonds. The lowest BCUT2D eigenvalue weighted by Gasteiger charge is -2.38. The molecule has 0 aromatic heterocycles. The Morgan fingerprint density at radius 3 is 2.36 bits per heavy atom. The SMILES string of the molecule is C[C@H](CO)N1C[C@H](C)[C@H](CN(C)Cc2ccc(C(F)(F)F)cc2)Oc2c(NS(=O)(=O)c3ccccc3)cccc2C1=O. The topological polar surface area (TPSA) is 99.2 Å². The number of halogens is 3. The fourth-order valence-corrected chi connectivity index (χ4v) is 5.91. The Morgan fingerprint density at radius 1 is 1.07 bits per heavy atom. The van der Waals surface area contributed by atoms with E-state index in [1.807, 2.05) is 11.8 Å². The van der Waals surface area contributed by atoms with Gasteiger partial charge in [-0.15, -0.1) is 0 Å². The van der Waals surface area contributed by atoms with E-state index >= 15 is 0 Å². The van der Waals surface area contributed by atoms with Crippen molar-refractivity contribution in [3.63, 3.8) is 0 Å². The first-order valence-electron chi connectivity index (χ1n) is 13.4. The van der Waals surface area contributed by atoms with E-state index in [-0.39, 0.29) is 41.0 Å². The number of likely N-dealkylation sites (N-methyl/N-ethyl adjacent to an activating group) is 1. The quantitative estimate of drug-likeness (QED) is 0.362. The van der Waals surface area contributed by atoms with Crippen LogP contribution >= 0.6 is 0 Å². The van der Waals surface area contributed by atoms with Crippen LogP contribution in [0.1, 0.15) is 35.3 Å². The van der Waals surface area contributed by atoms with Gasteiger partial charge in [0.15, 0.2) is 5.75 Å². The highest BCUT2D eigenvalue weighted by Crippen LogP contribution is 2.36. The van der Waals surface area contributed by atoms with Crippen LogP contribution in [-0.2, 0) is 22.7 Å². The summed E-state index contributed by atoms with van der Waals surface area (Å²) in [6.45, 7) is 4.25. The van der Waals surface area contributed by atoms with Crippen LogP contribution in [0.15, 0.2) is 77.7 Å². The highest BCUT2D eigenvalue weighted by Gasteiger charge is 2.35. The first-order valence-corrected chi connectivity index (χ1v) is 14.9. The summed E-state index contributed by atoms with van der Waals surface area (Å²) >= 11 is 0. The number of para-hydroxylation sites is 1. The van der Waals surface area contributed by atoms with Gasteiger partial charge in [-0.2, -0.15) is 13.2 Å². The molecule has 226 valence electrons. The van der Waals surface area contributed by atoms with E-state index in [0.717, 1.165) is 12.1 Å². The molecular weight excluding hydrogens is 571 g/mol. The largest absolute Gasteiger partial charge is 0.486 e. The average molecular weight is 606 g/mol. The molecule has 1 heterocycles. The van der Waals surface area contributed by atoms with Crippen molar-refractivity contribution in [1.29, 1.82) is 0 Å². The number of ether oxygens (including phenoxy) is 1. The number of rotatable bonds is 9. The molecule has 3 aromatic carbocycles. The van der Waals surface area contributed by atoms with E-state index in [0.29, 0.717) is 18.7 Å². The molecule has 4 rings (SSSR count). The average Bonchev–Trinajstić information content (AvgIpc) is 2.95. The molecule has 0 aliphatic carbocycles. The van der Waals surface area contributed by atoms with Crippen molar-refractivity contribution in [2.75, 3.05) is 31.5 Å². The van der Waals surface area contributed by atoms with Crippen molar-refractivity contribution in [3.05, 3.63) is 89.5 Å². The predicted octanol–water partition coefficient (Wildman–Crippen LogP) is 4.86. The van der Waals surface area contributed by atoms with Gasteiger partial charge in [0.25, 0.3) is 15.9 Å². The molecule has 0 spiro atoms. The van der Waals surface area contributed by atoms with E-state index in [4.69, 9.17) is 4.74 Å². The van der Waals surface area contributed by atoms with E-state index in [9.17, 15) is 31.5 Å². The van der Waals surface area contributed by atoms with Crippen molar-refractivity contribution >= 4 is 21.6 Å². The van der Waals surface area contributed by atoms with Crippen LogP contribution < -0.4 is 9.46 Å². The molecule has 0 saturated carbocycles. The van der Waals surface area contributed by atoms with Crippen molar-refractivity contribution in [2.24, 2.45) is 5.92 Å². The lowest BCUT2D eigenvalue weighted by Crippen LogP contribution is -2.49. The normalized spacial score (nSPS) is 18.6. The van der Waals surface area contributed by atoms with Gasteiger partial charge in [0, 0.05) is 25.6 Å². The van der Waals surface area contributed by atoms with Gasteiger partial charge >= 0.3 is 6.18 Å². The van der Waals surface area contributed by atoms with Gasteiger partial charge in [0.2, 0.25) is 0 Å². The summed E-state index contributed by atoms with van der Waals surface area (Å²) in [5, 5.41) is 9.88. The van der Waals surface area contributed by atoms with E-state index in [2.05, 4.69) is 4.72 Å². The molecule has 42 heavy (non-hydrogen) atoms. The number of sulfonamides is 1. The lowest BCUT2D eigenvalue weighted by atomic mass is 9.99. The summed E-state index contributed by atoms with van der Waals surface area (Å²) in [5.41, 5.74) is 0.179. The molecule has 0 bridgehead atoms. The number of carbonyl (C=O) groups is 1. The molecule has 1 aliphatic rings. The Bertz CT molecular complexity index is 1480. The lowest BCUT2D eigenvalue weighted by molar-refractivity contribution is -0.137. The molecule has 12 heteroatoms. The van der Waals surface area contributed by atoms with Crippen molar-refractivity contribution in [3.8, 4) is 5.75 Å². The number of nitrogens with one attached hydrogen (secondary N) is 1. The number of aliphatic hydroxyl groups excluding tert-OH is 1. The number of alkyl halides is 3. The maximum Gasteiger partial charge on any atom is 0.416 e. The van der Waals surface area contributed by atoms with Crippen molar-refractivity contribution < 1.29 is 36.2 Å². The molecule has 3 atom stereocenters. The van der Waals surface area contributed by atoms with Gasteiger partial charge in [-0.3, -0.25) is 14.4 Å². The maximum atomic E-state index is 13.7. The second-order valence-electron chi connectivity index (χ2n) is 10.6. The number of fused-ring (bicyclic) bond motifs is 1. The van der Waals surface area contributed by atoms with Crippen LogP contribution in [-0.4, -0.2) is 68.1 Å². The number of benzene rings is 3. The van der Waals surface area contributed by atoms with Crippen LogP contribution in [0.5, 0.6) is 5.75 Å². The number of hydrogen-bond acceptors (Lipinski definition) is 6. The fraction of sp³-hybridized carbons (Fsp3) is 0.367. The second kappa shape index (κ2) is 12.7. The summed E-state index contributed by atoms with van der Waals surface area (Å²) in [7, 11) is -2.21. The zero-order valence-corrected chi connectivity index (χ0v) is 24.3. The van der Waals surface area contributed by atoms with Gasteiger partial charge in [0.1, 0.15) is 6.10 Å². The molecule has 0 saturated heterocycles. The van der Waals surface area contributed by atoms with Crippen LogP contribution in [0, 0.1) is 5.92 Å². The Hall–Kier alpha value is -3.61. The van der Waals surface area contributed by atoms with Gasteiger partial charge in [-0.25, -0.2) is 8.42 Å². The zero-order valence-electron chi connectivity index (χ0n) is 23.5. The third-order valence-corrected chi connectivity index (χ3v) is 8.60. The Kier molecular flexibility index (Phi) is 9.49. The number of carbonyl (C=O) groups excluding carboxylic acids is 1. The summed E-state index contributed by atoms with van der Waals surface area (Å²) in [6.07, 6.45) is -4.97. The highest BCUT2D eigenvalue weighted by molar-refractivity contribution is 7.92. The second-order valence-corrected chi connectivity index (χ2v) is 12.3. The molecular formula is C30H34F3N3O5S. The molecule has 3 aromatic rings. The van der Waals surface area contributed by atoms with E-state index in [1.54, 1.807) is 49.2 Å². The summed E-state index contributed by atoms with van der Waals surface area (Å²) in [4.78, 5) is 17.1. The Morgan fingerprint density at radius 2 is 1.74 bits per heavy atom. The molecule has 0 radical (unpaired) electrons. The van der Waals surface area contributed by atoms with E-state index in [1.165, 1.54) is 30.3 Å². The first kappa shape index (κ1) is 31.3. The van der Waals surface area contributed by atoms with Gasteiger partial charge in [-0.1, -0.05) is 43.3 Å². The molecule has 2 N–H and O–H groups in total. The zero-order chi connectivity index (χ0) is 30.7. The summed E-state index contributed by atoms with van der Waals surface area (Å²) in [5.74, 6) is -0.600. The third kappa shape index (κ3) is 7.23. The standard InChI is InChI=1S/C30H34F3N3O5S/c1-20-16-36(21(2)19-37)29(38)25-10-7-11-26(34-42(39,40)24-8-5-4-6-9-24)28(25)41-27(20)18-35(3)17-22-12-14-23(15-13-22)30(31,32)33/h4-15,20-21,27,34,37H,16-19H2,1-3H3/t20-,21+,27-/m0/s1. The first-order chi connectivity index (χ1) is 19.8. The monoisotopic (exact) mass is 605 g/mol. The molecule has 8 nitrogen and oxygen atoms in total. The van der Waals surface area contributed by atoms with Crippen molar-refractivity contribution in [2.45, 2.75) is 43.6 Å². The highest BCUT2D eigenvalue weighted by atomic mass is 32.2. The number of nitrogens with zero attached hydrogens (tertiary/aromatic N) is 2. The van der Waals surface area contributed by atoms with Crippen LogP contribution in [0.2, 0.25) is 0 Å². The Labute approximate surface area is 243 Å². The van der Waals surface area contributed by atoms with E-state index < -0.39 is 39.8 Å². The van der Waals surface area contributed by atoms with Crippen LogP contribution in [0.3, 0.4) is 0 Å². The minimum absolute atomic E-state index is 0.0384. The summed E-state index contributed by atoms with van der Waals surface area (Å²) < 4.78 is 74.3. The maximum absolute atomic E-state index is 13.7. The minimum Gasteiger partial charge on any atom is -0.486 e. The fourth-order valence-electron chi connectivity index (χ4n) is 4.83. The summed E-state index contributed by atoms with van der Waals surface area (Å²) in [6, 6.07) is 16.8. The van der Waals surface area contributed by atoms with Crippen LogP contribution in [0.25, 0.3) is 0 Å². The van der Waals surface area contributed by atoms with Gasteiger partial charge in [0.05, 0.1) is 34.4 Å². The van der Waals surface area contributed by atoms with Gasteiger partial charge in [-0.05, 0) is 55.9 Å². The number of aliphatic hydroxyl groups is 1.